The van der Waals surface area contributed by atoms with Crippen molar-refractivity contribution in [1.82, 2.24) is 16.2 Å². The molecular formula is C25H24BrN3O5S. The summed E-state index contributed by atoms with van der Waals surface area (Å²) in [7, 11) is 1.56. The van der Waals surface area contributed by atoms with Gasteiger partial charge in [0.25, 0.3) is 11.8 Å². The number of carbonyl (C=O) groups is 2. The number of hydrogen-bond donors (Lipinski definition) is 3. The second-order valence-electron chi connectivity index (χ2n) is 7.09. The molecule has 3 aromatic rings. The first-order valence-corrected chi connectivity index (χ1v) is 11.8. The average Bonchev–Trinajstić information content (AvgIpc) is 2.88. The Hall–Kier alpha value is -3.47. The third-order valence-corrected chi connectivity index (χ3v) is 5.30. The van der Waals surface area contributed by atoms with Gasteiger partial charge < -0.3 is 14.2 Å². The van der Waals surface area contributed by atoms with Crippen LogP contribution in [0.1, 0.15) is 10.4 Å². The zero-order valence-electron chi connectivity index (χ0n) is 18.9. The SMILES string of the molecule is COCCOc1ccc(Br)cc1C(=O)NC(=S)NNC(=O)COc1ccccc1-c1ccccc1. The zero-order valence-corrected chi connectivity index (χ0v) is 21.3. The first-order chi connectivity index (χ1) is 17.0. The van der Waals surface area contributed by atoms with E-state index in [1.165, 1.54) is 0 Å². The molecule has 3 rings (SSSR count). The number of para-hydroxylation sites is 1. The fourth-order valence-electron chi connectivity index (χ4n) is 3.00. The largest absolute Gasteiger partial charge is 0.490 e. The Morgan fingerprint density at radius 3 is 2.40 bits per heavy atom. The molecule has 0 unspecified atom stereocenters. The van der Waals surface area contributed by atoms with Gasteiger partial charge in [0, 0.05) is 17.1 Å². The maximum atomic E-state index is 12.7. The number of hydrogen-bond acceptors (Lipinski definition) is 6. The smallest absolute Gasteiger partial charge is 0.276 e. The molecule has 10 heteroatoms. The van der Waals surface area contributed by atoms with Crippen LogP contribution in [-0.4, -0.2) is 43.9 Å². The molecule has 0 atom stereocenters. The molecule has 3 aromatic carbocycles. The minimum Gasteiger partial charge on any atom is -0.490 e. The third-order valence-electron chi connectivity index (χ3n) is 4.60. The van der Waals surface area contributed by atoms with Crippen LogP contribution >= 0.6 is 28.1 Å². The van der Waals surface area contributed by atoms with Crippen LogP contribution < -0.4 is 25.6 Å². The highest BCUT2D eigenvalue weighted by molar-refractivity contribution is 9.10. The van der Waals surface area contributed by atoms with Gasteiger partial charge in [0.2, 0.25) is 0 Å². The summed E-state index contributed by atoms with van der Waals surface area (Å²) >= 11 is 8.46. The average molecular weight is 558 g/mol. The maximum Gasteiger partial charge on any atom is 0.276 e. The lowest BCUT2D eigenvalue weighted by molar-refractivity contribution is -0.123. The summed E-state index contributed by atoms with van der Waals surface area (Å²) in [5.74, 6) is -0.0329. The number of nitrogens with one attached hydrogen (secondary N) is 3. The standard InChI is InChI=1S/C25H24BrN3O5S/c1-32-13-14-33-22-12-11-18(26)15-20(22)24(31)27-25(35)29-28-23(30)16-34-21-10-6-5-9-19(21)17-7-3-2-4-8-17/h2-12,15H,13-14,16H2,1H3,(H,28,30)(H2,27,29,31,35). The number of hydrazine groups is 1. The number of amides is 2. The Kier molecular flexibility index (Phi) is 10.0. The van der Waals surface area contributed by atoms with Crippen LogP contribution in [0.4, 0.5) is 0 Å². The summed E-state index contributed by atoms with van der Waals surface area (Å²) in [5, 5.41) is 2.42. The van der Waals surface area contributed by atoms with E-state index in [0.29, 0.717) is 22.6 Å². The zero-order chi connectivity index (χ0) is 25.0. The molecule has 0 aromatic heterocycles. The molecule has 0 fully saturated rings. The monoisotopic (exact) mass is 557 g/mol. The van der Waals surface area contributed by atoms with Gasteiger partial charge in [-0.05, 0) is 42.0 Å². The summed E-state index contributed by atoms with van der Waals surface area (Å²) in [4.78, 5) is 24.9. The predicted octanol–water partition coefficient (Wildman–Crippen LogP) is 3.86. The van der Waals surface area contributed by atoms with Crippen LogP contribution in [0, 0.1) is 0 Å². The van der Waals surface area contributed by atoms with Gasteiger partial charge in [0.05, 0.1) is 12.2 Å². The molecule has 182 valence electrons. The fourth-order valence-corrected chi connectivity index (χ4v) is 3.50. The molecule has 35 heavy (non-hydrogen) atoms. The molecule has 0 aliphatic heterocycles. The Morgan fingerprint density at radius 2 is 1.63 bits per heavy atom. The van der Waals surface area contributed by atoms with Gasteiger partial charge in [0.1, 0.15) is 18.1 Å². The lowest BCUT2D eigenvalue weighted by atomic mass is 10.1. The molecule has 0 saturated carbocycles. The number of rotatable bonds is 9. The van der Waals surface area contributed by atoms with Crippen molar-refractivity contribution in [3.8, 4) is 22.6 Å². The minimum atomic E-state index is -0.501. The van der Waals surface area contributed by atoms with Gasteiger partial charge in [-0.25, -0.2) is 0 Å². The number of halogens is 1. The van der Waals surface area contributed by atoms with Gasteiger partial charge in [-0.3, -0.25) is 25.8 Å². The maximum absolute atomic E-state index is 12.7. The van der Waals surface area contributed by atoms with Gasteiger partial charge in [-0.1, -0.05) is 64.5 Å². The van der Waals surface area contributed by atoms with E-state index >= 15 is 0 Å². The third kappa shape index (κ3) is 8.06. The lowest BCUT2D eigenvalue weighted by Gasteiger charge is -2.14. The van der Waals surface area contributed by atoms with Crippen molar-refractivity contribution < 1.29 is 23.8 Å². The van der Waals surface area contributed by atoms with Gasteiger partial charge >= 0.3 is 0 Å². The Bertz CT molecular complexity index is 1180. The molecular weight excluding hydrogens is 534 g/mol. The van der Waals surface area contributed by atoms with Crippen molar-refractivity contribution in [2.24, 2.45) is 0 Å². The van der Waals surface area contributed by atoms with Crippen molar-refractivity contribution in [2.75, 3.05) is 26.9 Å². The first-order valence-electron chi connectivity index (χ1n) is 10.6. The van der Waals surface area contributed by atoms with Crippen LogP contribution in [0.2, 0.25) is 0 Å². The summed E-state index contributed by atoms with van der Waals surface area (Å²) in [6.45, 7) is 0.405. The highest BCUT2D eigenvalue weighted by Gasteiger charge is 2.15. The summed E-state index contributed by atoms with van der Waals surface area (Å²) in [5.41, 5.74) is 7.02. The van der Waals surface area contributed by atoms with Crippen LogP contribution in [-0.2, 0) is 9.53 Å². The van der Waals surface area contributed by atoms with Crippen molar-refractivity contribution in [2.45, 2.75) is 0 Å². The summed E-state index contributed by atoms with van der Waals surface area (Å²) in [6.07, 6.45) is 0. The molecule has 8 nitrogen and oxygen atoms in total. The van der Waals surface area contributed by atoms with E-state index in [0.717, 1.165) is 11.1 Å². The molecule has 0 aliphatic carbocycles. The normalized spacial score (nSPS) is 10.2. The van der Waals surface area contributed by atoms with E-state index in [9.17, 15) is 9.59 Å². The van der Waals surface area contributed by atoms with E-state index in [2.05, 4.69) is 32.1 Å². The van der Waals surface area contributed by atoms with E-state index in [1.54, 1.807) is 31.4 Å². The first kappa shape index (κ1) is 26.1. The van der Waals surface area contributed by atoms with Crippen LogP contribution in [0.15, 0.2) is 77.3 Å². The van der Waals surface area contributed by atoms with Crippen molar-refractivity contribution >= 4 is 45.1 Å². The number of methoxy groups -OCH3 is 1. The number of carbonyl (C=O) groups excluding carboxylic acids is 2. The number of ether oxygens (including phenoxy) is 3. The fraction of sp³-hybridized carbons (Fsp3) is 0.160. The lowest BCUT2D eigenvalue weighted by Crippen LogP contribution is -2.49. The van der Waals surface area contributed by atoms with Crippen LogP contribution in [0.25, 0.3) is 11.1 Å². The molecule has 0 radical (unpaired) electrons. The van der Waals surface area contributed by atoms with E-state index in [-0.39, 0.29) is 23.9 Å². The predicted molar refractivity (Wildman–Crippen MR) is 140 cm³/mol. The van der Waals surface area contributed by atoms with Gasteiger partial charge in [-0.15, -0.1) is 0 Å². The second-order valence-corrected chi connectivity index (χ2v) is 8.41. The molecule has 2 amide bonds. The van der Waals surface area contributed by atoms with Gasteiger partial charge in [0.15, 0.2) is 11.7 Å². The quantitative estimate of drug-likeness (QED) is 0.209. The van der Waals surface area contributed by atoms with E-state index < -0.39 is 11.8 Å². The highest BCUT2D eigenvalue weighted by Crippen LogP contribution is 2.29. The Morgan fingerprint density at radius 1 is 0.886 bits per heavy atom. The van der Waals surface area contributed by atoms with Crippen LogP contribution in [0.5, 0.6) is 11.5 Å². The summed E-state index contributed by atoms with van der Waals surface area (Å²) in [6, 6.07) is 22.2. The second kappa shape index (κ2) is 13.4. The van der Waals surface area contributed by atoms with E-state index in [1.807, 2.05) is 48.5 Å². The molecule has 0 saturated heterocycles. The minimum absolute atomic E-state index is 0.0872. The molecule has 0 spiro atoms. The van der Waals surface area contributed by atoms with Crippen molar-refractivity contribution in [3.05, 3.63) is 82.8 Å². The van der Waals surface area contributed by atoms with Crippen molar-refractivity contribution in [1.29, 1.82) is 0 Å². The number of benzene rings is 3. The molecule has 0 bridgehead atoms. The topological polar surface area (TPSA) is 97.9 Å². The molecule has 0 aliphatic rings. The van der Waals surface area contributed by atoms with Crippen LogP contribution in [0.3, 0.4) is 0 Å². The highest BCUT2D eigenvalue weighted by atomic mass is 79.9. The Labute approximate surface area is 217 Å². The summed E-state index contributed by atoms with van der Waals surface area (Å²) < 4.78 is 17.0. The molecule has 3 N–H and O–H groups in total. The van der Waals surface area contributed by atoms with Gasteiger partial charge in [-0.2, -0.15) is 0 Å². The molecule has 0 heterocycles. The van der Waals surface area contributed by atoms with Crippen molar-refractivity contribution in [3.63, 3.8) is 0 Å². The van der Waals surface area contributed by atoms with E-state index in [4.69, 9.17) is 26.4 Å². The number of thiocarbonyl (C=S) groups is 1. The Balaban J connectivity index is 1.51.